The molecule has 1 unspecified atom stereocenters. The topological polar surface area (TPSA) is 158 Å². The van der Waals surface area contributed by atoms with Gasteiger partial charge in [0.05, 0.1) is 24.9 Å². The lowest BCUT2D eigenvalue weighted by Gasteiger charge is -2.41. The van der Waals surface area contributed by atoms with Crippen LogP contribution in [-0.4, -0.2) is 180 Å². The smallest absolute Gasteiger partial charge is 0.251 e. The van der Waals surface area contributed by atoms with E-state index in [0.717, 1.165) is 171 Å². The normalized spacial score (nSPS) is 24.6. The van der Waals surface area contributed by atoms with Crippen molar-refractivity contribution in [1.82, 2.24) is 45.1 Å². The third kappa shape index (κ3) is 13.1. The SMILES string of the molecule is Cc1ccc([C@@H](CCN2CCC(CN3CCN(C(=O)[C@H](NC(=O)c4cccc(C5CCCN(C(=O)CNC6CC6)C5)c4)C4CCCCC4)CC3)CC2)C(=O)CN2CCN(c3ncnc4c3[C@H](C)C[C@H]4O)CC2)cc1. The minimum atomic E-state index is -0.529. The van der Waals surface area contributed by atoms with Crippen molar-refractivity contribution in [3.63, 3.8) is 0 Å². The number of piperazine rings is 2. The molecule has 6 fully saturated rings. The van der Waals surface area contributed by atoms with Gasteiger partial charge in [0, 0.05) is 101 Å². The molecule has 15 nitrogen and oxygen atoms in total. The van der Waals surface area contributed by atoms with Gasteiger partial charge in [0.1, 0.15) is 18.2 Å². The highest BCUT2D eigenvalue weighted by Gasteiger charge is 2.38. The molecule has 15 heteroatoms. The molecule has 400 valence electrons. The zero-order chi connectivity index (χ0) is 51.1. The molecule has 2 aromatic carbocycles. The maximum absolute atomic E-state index is 14.5. The van der Waals surface area contributed by atoms with Gasteiger partial charge in [-0.1, -0.05) is 68.1 Å². The number of nitrogens with one attached hydrogen (secondary N) is 2. The number of aliphatic hydroxyl groups is 1. The Hall–Kier alpha value is -4.80. The predicted molar refractivity (Wildman–Crippen MR) is 288 cm³/mol. The highest BCUT2D eigenvalue weighted by Crippen LogP contribution is 2.43. The van der Waals surface area contributed by atoms with Crippen molar-refractivity contribution in [2.75, 3.05) is 110 Å². The largest absolute Gasteiger partial charge is 0.387 e. The lowest BCUT2D eigenvalue weighted by Crippen LogP contribution is -2.57. The van der Waals surface area contributed by atoms with E-state index in [2.05, 4.69) is 84.4 Å². The second-order valence-corrected chi connectivity index (χ2v) is 23.3. The number of carbonyl (C=O) groups excluding carboxylic acids is 4. The number of aryl methyl sites for hydroxylation is 1. The Balaban J connectivity index is 0.677. The molecule has 2 saturated carbocycles. The van der Waals surface area contributed by atoms with Crippen molar-refractivity contribution in [3.05, 3.63) is 88.4 Å². The number of ketones is 1. The number of rotatable bonds is 18. The summed E-state index contributed by atoms with van der Waals surface area (Å²) in [5.74, 6) is 2.29. The third-order valence-electron chi connectivity index (χ3n) is 18.0. The molecular formula is C59H84N10O5. The summed E-state index contributed by atoms with van der Waals surface area (Å²) in [4.78, 5) is 78.6. The van der Waals surface area contributed by atoms with E-state index < -0.39 is 12.1 Å². The molecule has 5 atom stereocenters. The lowest BCUT2D eigenvalue weighted by atomic mass is 9.83. The number of hydrogen-bond donors (Lipinski definition) is 3. The van der Waals surface area contributed by atoms with Crippen LogP contribution in [-0.2, 0) is 14.4 Å². The first kappa shape index (κ1) is 52.6. The summed E-state index contributed by atoms with van der Waals surface area (Å²) < 4.78 is 0. The standard InChI is InChI=1S/C59H84N10O5/c1-41-13-15-44(16-14-41)50(52(71)39-66-26-30-67(31-27-66)57-54-42(2)34-51(70)56(54)61-40-62-57)21-25-64-23-19-43(20-24-64)37-65-28-32-68(33-29-65)59(74)55(45-8-4-3-5-9-45)63-58(73)47-11-6-10-46(35-47)48-12-7-22-69(38-48)53(72)36-60-49-17-18-49/h6,10-11,13-16,35,40,42-43,45,48-51,55,60,70H,3-5,7-9,12,17-34,36-39H2,1-2H3,(H,63,73)/t42-,48?,50-,51-,55-/m1/s1. The first-order chi connectivity index (χ1) is 36.0. The molecule has 74 heavy (non-hydrogen) atoms. The van der Waals surface area contributed by atoms with Crippen molar-refractivity contribution in [1.29, 1.82) is 0 Å². The number of likely N-dealkylation sites (tertiary alicyclic amines) is 2. The Labute approximate surface area is 440 Å². The van der Waals surface area contributed by atoms with Crippen LogP contribution in [0, 0.1) is 18.8 Å². The Morgan fingerprint density at radius 2 is 1.50 bits per heavy atom. The number of anilines is 1. The second-order valence-electron chi connectivity index (χ2n) is 23.3. The summed E-state index contributed by atoms with van der Waals surface area (Å²) in [7, 11) is 0. The number of aliphatic hydroxyl groups excluding tert-OH is 1. The summed E-state index contributed by atoms with van der Waals surface area (Å²) in [6, 6.07) is 16.4. The van der Waals surface area contributed by atoms with Crippen molar-refractivity contribution in [2.45, 2.75) is 133 Å². The Bertz CT molecular complexity index is 2390. The van der Waals surface area contributed by atoms with E-state index in [0.29, 0.717) is 62.5 Å². The summed E-state index contributed by atoms with van der Waals surface area (Å²) in [5, 5.41) is 17.2. The molecule has 10 rings (SSSR count). The number of hydrogen-bond acceptors (Lipinski definition) is 12. The van der Waals surface area contributed by atoms with Gasteiger partial charge in [-0.2, -0.15) is 0 Å². The zero-order valence-electron chi connectivity index (χ0n) is 44.5. The van der Waals surface area contributed by atoms with Gasteiger partial charge in [-0.15, -0.1) is 0 Å². The molecule has 4 saturated heterocycles. The van der Waals surface area contributed by atoms with Crippen LogP contribution < -0.4 is 15.5 Å². The monoisotopic (exact) mass is 1010 g/mol. The second kappa shape index (κ2) is 24.5. The quantitative estimate of drug-likeness (QED) is 0.139. The zero-order valence-corrected chi connectivity index (χ0v) is 44.5. The van der Waals surface area contributed by atoms with Gasteiger partial charge < -0.3 is 35.3 Å². The molecular weight excluding hydrogens is 929 g/mol. The average Bonchev–Trinajstić information content (AvgIpc) is 4.23. The van der Waals surface area contributed by atoms with Gasteiger partial charge in [-0.05, 0) is 132 Å². The Morgan fingerprint density at radius 1 is 0.757 bits per heavy atom. The molecule has 3 aliphatic carbocycles. The van der Waals surface area contributed by atoms with E-state index in [1.807, 2.05) is 28.0 Å². The predicted octanol–water partition coefficient (Wildman–Crippen LogP) is 5.88. The van der Waals surface area contributed by atoms with Gasteiger partial charge in [0.2, 0.25) is 11.8 Å². The average molecular weight is 1010 g/mol. The minimum Gasteiger partial charge on any atom is -0.387 e. The maximum atomic E-state index is 14.5. The minimum absolute atomic E-state index is 0.0682. The van der Waals surface area contributed by atoms with E-state index in [-0.39, 0.29) is 41.4 Å². The molecule has 7 aliphatic rings. The van der Waals surface area contributed by atoms with Crippen molar-refractivity contribution < 1.29 is 24.3 Å². The van der Waals surface area contributed by atoms with Gasteiger partial charge in [-0.3, -0.25) is 29.0 Å². The fraction of sp³-hybridized carbons (Fsp3) is 0.661. The van der Waals surface area contributed by atoms with Crippen LogP contribution in [0.15, 0.2) is 54.9 Å². The van der Waals surface area contributed by atoms with Crippen LogP contribution in [0.4, 0.5) is 5.82 Å². The van der Waals surface area contributed by atoms with Crippen LogP contribution in [0.2, 0.25) is 0 Å². The molecule has 3 aromatic rings. The maximum Gasteiger partial charge on any atom is 0.251 e. The number of nitrogens with zero attached hydrogens (tertiary/aromatic N) is 8. The summed E-state index contributed by atoms with van der Waals surface area (Å²) in [5.41, 5.74) is 5.84. The molecule has 1 aromatic heterocycles. The van der Waals surface area contributed by atoms with Crippen LogP contribution in [0.3, 0.4) is 0 Å². The van der Waals surface area contributed by atoms with E-state index >= 15 is 0 Å². The molecule has 3 N–H and O–H groups in total. The summed E-state index contributed by atoms with van der Waals surface area (Å²) >= 11 is 0. The number of aromatic nitrogens is 2. The number of fused-ring (bicyclic) bond motifs is 1. The van der Waals surface area contributed by atoms with E-state index in [1.54, 1.807) is 6.33 Å². The molecule has 0 bridgehead atoms. The van der Waals surface area contributed by atoms with Crippen LogP contribution in [0.5, 0.6) is 0 Å². The molecule has 0 radical (unpaired) electrons. The molecule has 3 amide bonds. The lowest BCUT2D eigenvalue weighted by molar-refractivity contribution is -0.137. The summed E-state index contributed by atoms with van der Waals surface area (Å²) in [6.45, 7) is 16.8. The number of Topliss-reactive ketones (excluding diaryl/α,β-unsaturated/α-hetero) is 1. The summed E-state index contributed by atoms with van der Waals surface area (Å²) in [6.07, 6.45) is 14.3. The highest BCUT2D eigenvalue weighted by molar-refractivity contribution is 5.98. The molecule has 0 spiro atoms. The fourth-order valence-corrected chi connectivity index (χ4v) is 13.2. The van der Waals surface area contributed by atoms with Gasteiger partial charge in [0.25, 0.3) is 5.91 Å². The molecule has 5 heterocycles. The number of amides is 3. The van der Waals surface area contributed by atoms with Crippen molar-refractivity contribution in [3.8, 4) is 0 Å². The van der Waals surface area contributed by atoms with E-state index in [9.17, 15) is 24.3 Å². The highest BCUT2D eigenvalue weighted by atomic mass is 16.3. The third-order valence-corrected chi connectivity index (χ3v) is 18.0. The van der Waals surface area contributed by atoms with Crippen molar-refractivity contribution in [2.24, 2.45) is 11.8 Å². The van der Waals surface area contributed by atoms with Crippen LogP contribution >= 0.6 is 0 Å². The number of carbonyl (C=O) groups is 4. The van der Waals surface area contributed by atoms with Gasteiger partial charge >= 0.3 is 0 Å². The van der Waals surface area contributed by atoms with E-state index in [1.165, 1.54) is 12.0 Å². The van der Waals surface area contributed by atoms with Gasteiger partial charge in [0.15, 0.2) is 5.78 Å². The fourth-order valence-electron chi connectivity index (χ4n) is 13.2. The first-order valence-electron chi connectivity index (χ1n) is 28.8. The Kier molecular flexibility index (Phi) is 17.4. The first-order valence-corrected chi connectivity index (χ1v) is 28.8. The Morgan fingerprint density at radius 3 is 2.24 bits per heavy atom. The number of benzene rings is 2. The van der Waals surface area contributed by atoms with E-state index in [4.69, 9.17) is 0 Å². The molecule has 4 aliphatic heterocycles. The van der Waals surface area contributed by atoms with Gasteiger partial charge in [-0.25, -0.2) is 9.97 Å². The van der Waals surface area contributed by atoms with Crippen LogP contribution in [0.1, 0.15) is 153 Å². The number of piperidine rings is 2. The van der Waals surface area contributed by atoms with Crippen LogP contribution in [0.25, 0.3) is 0 Å². The van der Waals surface area contributed by atoms with Crippen molar-refractivity contribution >= 4 is 29.3 Å².